The van der Waals surface area contributed by atoms with Crippen molar-refractivity contribution in [1.82, 2.24) is 9.88 Å². The van der Waals surface area contributed by atoms with E-state index in [4.69, 9.17) is 17.4 Å². The summed E-state index contributed by atoms with van der Waals surface area (Å²) in [4.78, 5) is 18.2. The van der Waals surface area contributed by atoms with Crippen LogP contribution in [0.3, 0.4) is 0 Å². The van der Waals surface area contributed by atoms with E-state index in [2.05, 4.69) is 10.4 Å². The summed E-state index contributed by atoms with van der Waals surface area (Å²) in [6.07, 6.45) is 1.52. The SMILES string of the molecule is CC(c1cccc(Cl)c1)N(C)C(=O)c1ccc(NN)cn1. The van der Waals surface area contributed by atoms with Gasteiger partial charge in [-0.3, -0.25) is 10.6 Å². The summed E-state index contributed by atoms with van der Waals surface area (Å²) in [5.74, 6) is 5.12. The molecular formula is C15H17ClN4O. The highest BCUT2D eigenvalue weighted by Gasteiger charge is 2.20. The van der Waals surface area contributed by atoms with Gasteiger partial charge in [0, 0.05) is 12.1 Å². The molecule has 3 N–H and O–H groups in total. The molecule has 0 saturated carbocycles. The first-order chi connectivity index (χ1) is 10.0. The van der Waals surface area contributed by atoms with Crippen LogP contribution in [-0.4, -0.2) is 22.8 Å². The molecule has 1 aromatic heterocycles. The molecule has 0 spiro atoms. The highest BCUT2D eigenvalue weighted by atomic mass is 35.5. The summed E-state index contributed by atoms with van der Waals surface area (Å²) in [6.45, 7) is 1.94. The van der Waals surface area contributed by atoms with Crippen LogP contribution in [0.25, 0.3) is 0 Å². The number of carbonyl (C=O) groups is 1. The molecule has 0 fully saturated rings. The van der Waals surface area contributed by atoms with Gasteiger partial charge in [-0.15, -0.1) is 0 Å². The highest BCUT2D eigenvalue weighted by molar-refractivity contribution is 6.30. The molecule has 1 unspecified atom stereocenters. The number of aromatic nitrogens is 1. The Bertz CT molecular complexity index is 630. The molecular weight excluding hydrogens is 288 g/mol. The molecule has 0 aliphatic carbocycles. The third kappa shape index (κ3) is 3.51. The summed E-state index contributed by atoms with van der Waals surface area (Å²) < 4.78 is 0. The number of rotatable bonds is 4. The Kier molecular flexibility index (Phi) is 4.77. The van der Waals surface area contributed by atoms with Gasteiger partial charge in [-0.2, -0.15) is 0 Å². The summed E-state index contributed by atoms with van der Waals surface area (Å²) in [7, 11) is 1.74. The summed E-state index contributed by atoms with van der Waals surface area (Å²) in [5.41, 5.74) is 4.46. The normalized spacial score (nSPS) is 11.8. The molecule has 6 heteroatoms. The van der Waals surface area contributed by atoms with Crippen molar-refractivity contribution in [3.63, 3.8) is 0 Å². The van der Waals surface area contributed by atoms with E-state index in [1.807, 2.05) is 25.1 Å². The molecule has 1 amide bonds. The first kappa shape index (κ1) is 15.3. The van der Waals surface area contributed by atoms with Crippen LogP contribution in [0.4, 0.5) is 5.69 Å². The number of carbonyl (C=O) groups excluding carboxylic acids is 1. The van der Waals surface area contributed by atoms with E-state index in [9.17, 15) is 4.79 Å². The monoisotopic (exact) mass is 304 g/mol. The number of hydrogen-bond acceptors (Lipinski definition) is 4. The number of pyridine rings is 1. The Labute approximate surface area is 128 Å². The van der Waals surface area contributed by atoms with Crippen molar-refractivity contribution in [1.29, 1.82) is 0 Å². The molecule has 2 aromatic rings. The topological polar surface area (TPSA) is 71.2 Å². The average Bonchev–Trinajstić information content (AvgIpc) is 2.53. The molecule has 5 nitrogen and oxygen atoms in total. The van der Waals surface area contributed by atoms with Crippen molar-refractivity contribution in [2.24, 2.45) is 5.84 Å². The first-order valence-electron chi connectivity index (χ1n) is 6.48. The zero-order valence-electron chi connectivity index (χ0n) is 11.9. The lowest BCUT2D eigenvalue weighted by Gasteiger charge is -2.25. The summed E-state index contributed by atoms with van der Waals surface area (Å²) in [5, 5.41) is 0.650. The molecule has 1 atom stereocenters. The zero-order valence-corrected chi connectivity index (χ0v) is 12.6. The van der Waals surface area contributed by atoms with Crippen molar-refractivity contribution in [3.05, 3.63) is 58.9 Å². The maximum Gasteiger partial charge on any atom is 0.272 e. The molecule has 2 rings (SSSR count). The number of amides is 1. The van der Waals surface area contributed by atoms with Gasteiger partial charge in [0.25, 0.3) is 5.91 Å². The third-order valence-corrected chi connectivity index (χ3v) is 3.62. The lowest BCUT2D eigenvalue weighted by molar-refractivity contribution is 0.0737. The second-order valence-electron chi connectivity index (χ2n) is 4.72. The Hall–Kier alpha value is -2.11. The molecule has 0 aliphatic heterocycles. The number of nitrogens with two attached hydrogens (primary N) is 1. The minimum absolute atomic E-state index is 0.106. The van der Waals surface area contributed by atoms with Gasteiger partial charge < -0.3 is 10.3 Å². The quantitative estimate of drug-likeness (QED) is 0.673. The number of nitrogens with zero attached hydrogens (tertiary/aromatic N) is 2. The van der Waals surface area contributed by atoms with E-state index in [0.29, 0.717) is 16.4 Å². The number of anilines is 1. The smallest absolute Gasteiger partial charge is 0.272 e. The summed E-state index contributed by atoms with van der Waals surface area (Å²) >= 11 is 5.99. The van der Waals surface area contributed by atoms with Crippen LogP contribution in [-0.2, 0) is 0 Å². The lowest BCUT2D eigenvalue weighted by Crippen LogP contribution is -2.30. The van der Waals surface area contributed by atoms with Crippen LogP contribution in [0.2, 0.25) is 5.02 Å². The maximum absolute atomic E-state index is 12.4. The van der Waals surface area contributed by atoms with Crippen LogP contribution in [0.5, 0.6) is 0 Å². The largest absolute Gasteiger partial charge is 0.334 e. The van der Waals surface area contributed by atoms with Crippen LogP contribution in [0, 0.1) is 0 Å². The maximum atomic E-state index is 12.4. The first-order valence-corrected chi connectivity index (χ1v) is 6.86. The molecule has 0 aliphatic rings. The Morgan fingerprint density at radius 2 is 2.14 bits per heavy atom. The van der Waals surface area contributed by atoms with Gasteiger partial charge in [-0.05, 0) is 36.8 Å². The second-order valence-corrected chi connectivity index (χ2v) is 5.16. The van der Waals surface area contributed by atoms with E-state index in [1.165, 1.54) is 6.20 Å². The van der Waals surface area contributed by atoms with E-state index in [-0.39, 0.29) is 11.9 Å². The van der Waals surface area contributed by atoms with Crippen LogP contribution >= 0.6 is 11.6 Å². The number of nitrogens with one attached hydrogen (secondary N) is 1. The van der Waals surface area contributed by atoms with Gasteiger partial charge in [-0.1, -0.05) is 23.7 Å². The average molecular weight is 305 g/mol. The van der Waals surface area contributed by atoms with E-state index in [0.717, 1.165) is 5.56 Å². The predicted molar refractivity (Wildman–Crippen MR) is 84.0 cm³/mol. The van der Waals surface area contributed by atoms with Crippen LogP contribution in [0.1, 0.15) is 29.0 Å². The second kappa shape index (κ2) is 6.56. The van der Waals surface area contributed by atoms with Gasteiger partial charge in [0.2, 0.25) is 0 Å². The van der Waals surface area contributed by atoms with Crippen molar-refractivity contribution in [2.45, 2.75) is 13.0 Å². The fourth-order valence-electron chi connectivity index (χ4n) is 1.95. The number of halogens is 1. The molecule has 1 heterocycles. The van der Waals surface area contributed by atoms with Crippen LogP contribution < -0.4 is 11.3 Å². The fraction of sp³-hybridized carbons (Fsp3) is 0.200. The van der Waals surface area contributed by atoms with E-state index in [1.54, 1.807) is 30.1 Å². The van der Waals surface area contributed by atoms with E-state index >= 15 is 0 Å². The van der Waals surface area contributed by atoms with Crippen LogP contribution in [0.15, 0.2) is 42.6 Å². The molecule has 110 valence electrons. The Balaban J connectivity index is 2.17. The Morgan fingerprint density at radius 3 is 2.71 bits per heavy atom. The third-order valence-electron chi connectivity index (χ3n) is 3.38. The number of benzene rings is 1. The van der Waals surface area contributed by atoms with E-state index < -0.39 is 0 Å². The Morgan fingerprint density at radius 1 is 1.38 bits per heavy atom. The van der Waals surface area contributed by atoms with Gasteiger partial charge in [0.15, 0.2) is 0 Å². The predicted octanol–water partition coefficient (Wildman–Crippen LogP) is 2.85. The fourth-order valence-corrected chi connectivity index (χ4v) is 2.15. The van der Waals surface area contributed by atoms with Crippen molar-refractivity contribution >= 4 is 23.2 Å². The minimum atomic E-state index is -0.161. The van der Waals surface area contributed by atoms with Crippen molar-refractivity contribution in [2.75, 3.05) is 12.5 Å². The van der Waals surface area contributed by atoms with Gasteiger partial charge >= 0.3 is 0 Å². The van der Waals surface area contributed by atoms with Gasteiger partial charge in [0.1, 0.15) is 5.69 Å². The number of hydrogen-bond donors (Lipinski definition) is 2. The minimum Gasteiger partial charge on any atom is -0.334 e. The molecule has 21 heavy (non-hydrogen) atoms. The van der Waals surface area contributed by atoms with Crippen molar-refractivity contribution < 1.29 is 4.79 Å². The number of hydrazine groups is 1. The van der Waals surface area contributed by atoms with Gasteiger partial charge in [0.05, 0.1) is 17.9 Å². The zero-order chi connectivity index (χ0) is 15.4. The molecule has 0 radical (unpaired) electrons. The van der Waals surface area contributed by atoms with Crippen molar-refractivity contribution in [3.8, 4) is 0 Å². The van der Waals surface area contributed by atoms with Gasteiger partial charge in [-0.25, -0.2) is 4.98 Å². The number of nitrogen functional groups attached to an aromatic ring is 1. The standard InChI is InChI=1S/C15H17ClN4O/c1-10(11-4-3-5-12(16)8-11)20(2)15(21)14-7-6-13(19-17)9-18-14/h3-10,19H,17H2,1-2H3. The molecule has 0 saturated heterocycles. The highest BCUT2D eigenvalue weighted by Crippen LogP contribution is 2.23. The summed E-state index contributed by atoms with van der Waals surface area (Å²) in [6, 6.07) is 10.7. The lowest BCUT2D eigenvalue weighted by atomic mass is 10.1. The molecule has 0 bridgehead atoms. The molecule has 1 aromatic carbocycles.